The van der Waals surface area contributed by atoms with Crippen molar-refractivity contribution in [1.82, 2.24) is 9.72 Å². The number of halogens is 1. The fraction of sp³-hybridized carbons (Fsp3) is 0.429. The second-order valence-electron chi connectivity index (χ2n) is 2.23. The minimum Gasteiger partial charge on any atom is -0.296 e. The first kappa shape index (κ1) is 9.25. The minimum atomic E-state index is -0.410. The molecular formula is C7H9BrN2O2. The van der Waals surface area contributed by atoms with Crippen molar-refractivity contribution in [3.8, 4) is 0 Å². The predicted molar refractivity (Wildman–Crippen MR) is 48.4 cm³/mol. The summed E-state index contributed by atoms with van der Waals surface area (Å²) in [5, 5.41) is 4.31. The van der Waals surface area contributed by atoms with Gasteiger partial charge in [-0.2, -0.15) is 0 Å². The van der Waals surface area contributed by atoms with Gasteiger partial charge in [0, 0.05) is 11.9 Å². The first-order valence-electron chi connectivity index (χ1n) is 3.49. The Bertz CT molecular complexity index is 326. The maximum Gasteiger partial charge on any atom is 0.441 e. The molecule has 1 rings (SSSR count). The fourth-order valence-corrected chi connectivity index (χ4v) is 1.05. The van der Waals surface area contributed by atoms with E-state index < -0.39 is 5.76 Å². The molecule has 0 aliphatic heterocycles. The van der Waals surface area contributed by atoms with Crippen LogP contribution in [0.3, 0.4) is 0 Å². The lowest BCUT2D eigenvalue weighted by Crippen LogP contribution is -2.14. The van der Waals surface area contributed by atoms with E-state index in [0.29, 0.717) is 12.4 Å². The average Bonchev–Trinajstić information content (AvgIpc) is 2.35. The number of aryl methyl sites for hydroxylation is 1. The normalized spacial score (nSPS) is 11.2. The van der Waals surface area contributed by atoms with Crippen molar-refractivity contribution in [2.45, 2.75) is 13.5 Å². The van der Waals surface area contributed by atoms with Crippen molar-refractivity contribution in [2.24, 2.45) is 0 Å². The van der Waals surface area contributed by atoms with Gasteiger partial charge in [-0.25, -0.2) is 4.79 Å². The second kappa shape index (κ2) is 4.25. The first-order valence-corrected chi connectivity index (χ1v) is 4.62. The number of hydrogen-bond donors (Lipinski definition) is 0. The van der Waals surface area contributed by atoms with E-state index in [9.17, 15) is 4.79 Å². The van der Waals surface area contributed by atoms with Crippen LogP contribution in [0.2, 0.25) is 0 Å². The molecule has 0 aliphatic carbocycles. The number of rotatable bonds is 3. The molecule has 0 fully saturated rings. The Kier molecular flexibility index (Phi) is 3.28. The molecule has 0 saturated heterocycles. The monoisotopic (exact) mass is 232 g/mol. The molecule has 1 aromatic heterocycles. The van der Waals surface area contributed by atoms with E-state index in [1.165, 1.54) is 4.57 Å². The van der Waals surface area contributed by atoms with Gasteiger partial charge in [0.15, 0.2) is 5.82 Å². The molecule has 0 unspecified atom stereocenters. The highest BCUT2D eigenvalue weighted by atomic mass is 79.9. The lowest BCUT2D eigenvalue weighted by atomic mass is 10.5. The molecule has 0 bridgehead atoms. The van der Waals surface area contributed by atoms with Crippen LogP contribution in [0.1, 0.15) is 5.82 Å². The van der Waals surface area contributed by atoms with Gasteiger partial charge in [-0.1, -0.05) is 33.2 Å². The van der Waals surface area contributed by atoms with E-state index in [0.717, 1.165) is 5.33 Å². The Labute approximate surface area is 78.0 Å². The molecule has 0 aromatic carbocycles. The van der Waals surface area contributed by atoms with Gasteiger partial charge in [-0.3, -0.25) is 9.09 Å². The second-order valence-corrected chi connectivity index (χ2v) is 2.88. The van der Waals surface area contributed by atoms with Crippen LogP contribution >= 0.6 is 15.9 Å². The van der Waals surface area contributed by atoms with E-state index in [4.69, 9.17) is 0 Å². The quantitative estimate of drug-likeness (QED) is 0.580. The Balaban J connectivity index is 2.74. The summed E-state index contributed by atoms with van der Waals surface area (Å²) < 4.78 is 5.90. The van der Waals surface area contributed by atoms with Gasteiger partial charge < -0.3 is 0 Å². The SMILES string of the molecule is Cc1noc(=O)n1C/C=C/CBr. The van der Waals surface area contributed by atoms with Gasteiger partial charge in [0.1, 0.15) is 0 Å². The van der Waals surface area contributed by atoms with Gasteiger partial charge in [-0.05, 0) is 6.92 Å². The summed E-state index contributed by atoms with van der Waals surface area (Å²) in [5.41, 5.74) is 0. The van der Waals surface area contributed by atoms with Crippen LogP contribution in [0.4, 0.5) is 0 Å². The van der Waals surface area contributed by atoms with E-state index >= 15 is 0 Å². The fourth-order valence-electron chi connectivity index (χ4n) is 0.785. The summed E-state index contributed by atoms with van der Waals surface area (Å²) in [6, 6.07) is 0. The molecule has 5 heteroatoms. The van der Waals surface area contributed by atoms with Crippen LogP contribution in [0.15, 0.2) is 21.5 Å². The summed E-state index contributed by atoms with van der Waals surface area (Å²) in [6.45, 7) is 2.24. The van der Waals surface area contributed by atoms with Crippen LogP contribution in [0.5, 0.6) is 0 Å². The van der Waals surface area contributed by atoms with E-state index in [2.05, 4.69) is 25.6 Å². The Morgan fingerprint density at radius 2 is 2.42 bits per heavy atom. The molecule has 0 atom stereocenters. The van der Waals surface area contributed by atoms with Gasteiger partial charge in [0.25, 0.3) is 0 Å². The molecule has 4 nitrogen and oxygen atoms in total. The topological polar surface area (TPSA) is 48.0 Å². The molecule has 1 aromatic rings. The van der Waals surface area contributed by atoms with Crippen molar-refractivity contribution in [1.29, 1.82) is 0 Å². The predicted octanol–water partition coefficient (Wildman–Crippen LogP) is 1.10. The number of allylic oxidation sites excluding steroid dienone is 2. The zero-order valence-electron chi connectivity index (χ0n) is 6.66. The molecule has 1 heterocycles. The molecule has 0 aliphatic rings. The maximum absolute atomic E-state index is 10.9. The molecule has 0 amide bonds. The van der Waals surface area contributed by atoms with Crippen LogP contribution < -0.4 is 5.76 Å². The summed E-state index contributed by atoms with van der Waals surface area (Å²) in [6.07, 6.45) is 3.79. The summed E-state index contributed by atoms with van der Waals surface area (Å²) >= 11 is 3.24. The molecular weight excluding hydrogens is 224 g/mol. The number of nitrogens with zero attached hydrogens (tertiary/aromatic N) is 2. The lowest BCUT2D eigenvalue weighted by Gasteiger charge is -1.93. The average molecular weight is 233 g/mol. The third-order valence-corrected chi connectivity index (χ3v) is 1.78. The third-order valence-electron chi connectivity index (χ3n) is 1.41. The molecule has 12 heavy (non-hydrogen) atoms. The molecule has 0 N–H and O–H groups in total. The van der Waals surface area contributed by atoms with Crippen molar-refractivity contribution in [3.05, 3.63) is 28.5 Å². The van der Waals surface area contributed by atoms with Gasteiger partial charge in [-0.15, -0.1) is 0 Å². The zero-order valence-corrected chi connectivity index (χ0v) is 8.24. The van der Waals surface area contributed by atoms with Gasteiger partial charge in [0.05, 0.1) is 0 Å². The van der Waals surface area contributed by atoms with Crippen molar-refractivity contribution >= 4 is 15.9 Å². The highest BCUT2D eigenvalue weighted by Gasteiger charge is 2.02. The minimum absolute atomic E-state index is 0.410. The van der Waals surface area contributed by atoms with Gasteiger partial charge in [0.2, 0.25) is 0 Å². The highest BCUT2D eigenvalue weighted by molar-refractivity contribution is 9.09. The first-order chi connectivity index (χ1) is 5.75. The van der Waals surface area contributed by atoms with E-state index in [-0.39, 0.29) is 0 Å². The molecule has 0 spiro atoms. The highest BCUT2D eigenvalue weighted by Crippen LogP contribution is 1.90. The lowest BCUT2D eigenvalue weighted by molar-refractivity contribution is 0.376. The molecule has 0 saturated carbocycles. The largest absolute Gasteiger partial charge is 0.441 e. The maximum atomic E-state index is 10.9. The van der Waals surface area contributed by atoms with E-state index in [1.54, 1.807) is 6.92 Å². The Hall–Kier alpha value is -0.840. The molecule has 0 radical (unpaired) electrons. The van der Waals surface area contributed by atoms with E-state index in [1.807, 2.05) is 12.2 Å². The van der Waals surface area contributed by atoms with Crippen LogP contribution in [0.25, 0.3) is 0 Å². The van der Waals surface area contributed by atoms with Crippen LogP contribution in [-0.4, -0.2) is 15.1 Å². The van der Waals surface area contributed by atoms with Gasteiger partial charge >= 0.3 is 5.76 Å². The number of hydrogen-bond acceptors (Lipinski definition) is 3. The molecule has 66 valence electrons. The van der Waals surface area contributed by atoms with Crippen molar-refractivity contribution in [3.63, 3.8) is 0 Å². The summed E-state index contributed by atoms with van der Waals surface area (Å²) in [4.78, 5) is 10.9. The Morgan fingerprint density at radius 3 is 2.92 bits per heavy atom. The summed E-state index contributed by atoms with van der Waals surface area (Å²) in [7, 11) is 0. The number of alkyl halides is 1. The number of aromatic nitrogens is 2. The van der Waals surface area contributed by atoms with Crippen molar-refractivity contribution in [2.75, 3.05) is 5.33 Å². The third kappa shape index (κ3) is 2.07. The summed E-state index contributed by atoms with van der Waals surface area (Å²) in [5.74, 6) is 0.186. The smallest absolute Gasteiger partial charge is 0.296 e. The van der Waals surface area contributed by atoms with Crippen molar-refractivity contribution < 1.29 is 4.52 Å². The Morgan fingerprint density at radius 1 is 1.67 bits per heavy atom. The standard InChI is InChI=1S/C7H9BrN2O2/c1-6-9-12-7(11)10(6)5-3-2-4-8/h2-3H,4-5H2,1H3/b3-2+. The van der Waals surface area contributed by atoms with Crippen LogP contribution in [-0.2, 0) is 6.54 Å². The zero-order chi connectivity index (χ0) is 8.97. The van der Waals surface area contributed by atoms with Crippen LogP contribution in [0, 0.1) is 6.92 Å².